The van der Waals surface area contributed by atoms with Crippen LogP contribution >= 0.6 is 11.8 Å². The van der Waals surface area contributed by atoms with E-state index < -0.39 is 0 Å². The Morgan fingerprint density at radius 1 is 1.69 bits per heavy atom. The third-order valence-corrected chi connectivity index (χ3v) is 4.00. The van der Waals surface area contributed by atoms with Crippen molar-refractivity contribution in [1.29, 1.82) is 0 Å². The molecule has 1 aliphatic rings. The maximum absolute atomic E-state index is 5.50. The van der Waals surface area contributed by atoms with Crippen LogP contribution in [0.25, 0.3) is 0 Å². The van der Waals surface area contributed by atoms with E-state index in [0.717, 1.165) is 24.8 Å². The quantitative estimate of drug-likeness (QED) is 0.850. The van der Waals surface area contributed by atoms with Crippen molar-refractivity contribution in [3.63, 3.8) is 0 Å². The van der Waals surface area contributed by atoms with Crippen molar-refractivity contribution in [2.24, 2.45) is 0 Å². The molecule has 5 heteroatoms. The number of anilines is 1. The van der Waals surface area contributed by atoms with Crippen LogP contribution in [0, 0.1) is 0 Å². The summed E-state index contributed by atoms with van der Waals surface area (Å²) in [5, 5.41) is 3.24. The molecule has 90 valence electrons. The number of hydrogen-bond acceptors (Lipinski definition) is 5. The van der Waals surface area contributed by atoms with Gasteiger partial charge in [0.25, 0.3) is 6.01 Å². The summed E-state index contributed by atoms with van der Waals surface area (Å²) < 4.78 is 5.50. The fraction of sp³-hybridized carbons (Fsp3) is 0.727. The third-order valence-electron chi connectivity index (χ3n) is 2.85. The monoisotopic (exact) mass is 241 g/mol. The van der Waals surface area contributed by atoms with Gasteiger partial charge in [-0.15, -0.1) is 0 Å². The van der Waals surface area contributed by atoms with Crippen molar-refractivity contribution < 1.29 is 4.42 Å². The first-order chi connectivity index (χ1) is 7.81. The van der Waals surface area contributed by atoms with Gasteiger partial charge in [0, 0.05) is 25.4 Å². The normalized spacial score (nSPS) is 20.2. The predicted octanol–water partition coefficient (Wildman–Crippen LogP) is 1.73. The molecule has 1 fully saturated rings. The molecule has 16 heavy (non-hydrogen) atoms. The Morgan fingerprint density at radius 3 is 3.25 bits per heavy atom. The van der Waals surface area contributed by atoms with E-state index >= 15 is 0 Å². The molecule has 0 spiro atoms. The number of rotatable bonds is 5. The van der Waals surface area contributed by atoms with Crippen LogP contribution in [0.4, 0.5) is 6.01 Å². The number of oxazole rings is 1. The fourth-order valence-corrected chi connectivity index (χ4v) is 3.04. The van der Waals surface area contributed by atoms with E-state index in [-0.39, 0.29) is 0 Å². The molecule has 2 rings (SSSR count). The van der Waals surface area contributed by atoms with Crippen LogP contribution < -0.4 is 10.2 Å². The molecule has 1 unspecified atom stereocenters. The van der Waals surface area contributed by atoms with Crippen LogP contribution in [0.2, 0.25) is 0 Å². The highest BCUT2D eigenvalue weighted by atomic mass is 32.2. The highest BCUT2D eigenvalue weighted by molar-refractivity contribution is 7.99. The number of nitrogens with one attached hydrogen (secondary N) is 1. The summed E-state index contributed by atoms with van der Waals surface area (Å²) in [7, 11) is 2.07. The van der Waals surface area contributed by atoms with Gasteiger partial charge < -0.3 is 14.6 Å². The van der Waals surface area contributed by atoms with E-state index in [1.807, 2.05) is 11.8 Å². The molecule has 0 aromatic carbocycles. The Morgan fingerprint density at radius 2 is 2.56 bits per heavy atom. The lowest BCUT2D eigenvalue weighted by Gasteiger charge is -2.21. The van der Waals surface area contributed by atoms with E-state index in [2.05, 4.69) is 29.2 Å². The summed E-state index contributed by atoms with van der Waals surface area (Å²) in [6.45, 7) is 3.83. The van der Waals surface area contributed by atoms with E-state index in [4.69, 9.17) is 4.42 Å². The molecule has 1 atom stereocenters. The molecule has 1 aromatic heterocycles. The lowest BCUT2D eigenvalue weighted by Crippen LogP contribution is -2.31. The largest absolute Gasteiger partial charge is 0.432 e. The molecule has 1 N–H and O–H groups in total. The highest BCUT2D eigenvalue weighted by Crippen LogP contribution is 2.25. The van der Waals surface area contributed by atoms with Gasteiger partial charge in [-0.3, -0.25) is 0 Å². The van der Waals surface area contributed by atoms with Gasteiger partial charge in [0.05, 0.1) is 5.69 Å². The maximum Gasteiger partial charge on any atom is 0.297 e. The van der Waals surface area contributed by atoms with E-state index in [1.165, 1.54) is 17.9 Å². The minimum atomic E-state index is 0.579. The smallest absolute Gasteiger partial charge is 0.297 e. The third kappa shape index (κ3) is 2.71. The number of thioether (sulfide) groups is 1. The van der Waals surface area contributed by atoms with Crippen molar-refractivity contribution in [2.75, 3.05) is 30.0 Å². The first-order valence-electron chi connectivity index (χ1n) is 5.77. The molecule has 0 aliphatic carbocycles. The van der Waals surface area contributed by atoms with Gasteiger partial charge in [-0.25, -0.2) is 0 Å². The molecule has 2 heterocycles. The Bertz CT molecular complexity index is 323. The number of nitrogens with zero attached hydrogens (tertiary/aromatic N) is 2. The van der Waals surface area contributed by atoms with Crippen LogP contribution in [0.1, 0.15) is 19.0 Å². The van der Waals surface area contributed by atoms with Gasteiger partial charge in [-0.1, -0.05) is 6.92 Å². The standard InChI is InChI=1S/C11H19N3OS/c1-3-12-6-9-7-15-11(13-9)14(2)10-4-5-16-8-10/h7,10,12H,3-6,8H2,1-2H3. The van der Waals surface area contributed by atoms with Crippen molar-refractivity contribution in [2.45, 2.75) is 25.9 Å². The number of hydrogen-bond donors (Lipinski definition) is 1. The van der Waals surface area contributed by atoms with E-state index in [1.54, 1.807) is 6.26 Å². The Balaban J connectivity index is 1.94. The summed E-state index contributed by atoms with van der Waals surface area (Å²) in [4.78, 5) is 6.64. The first-order valence-corrected chi connectivity index (χ1v) is 6.92. The Kier molecular flexibility index (Phi) is 4.12. The van der Waals surface area contributed by atoms with Gasteiger partial charge in [-0.2, -0.15) is 16.7 Å². The molecular weight excluding hydrogens is 222 g/mol. The molecule has 0 bridgehead atoms. The Labute approximate surface area is 101 Å². The minimum absolute atomic E-state index is 0.579. The van der Waals surface area contributed by atoms with Crippen molar-refractivity contribution in [3.05, 3.63) is 12.0 Å². The maximum atomic E-state index is 5.50. The van der Waals surface area contributed by atoms with Gasteiger partial charge >= 0.3 is 0 Å². The van der Waals surface area contributed by atoms with Gasteiger partial charge in [0.15, 0.2) is 0 Å². The fourth-order valence-electron chi connectivity index (χ4n) is 1.78. The number of aromatic nitrogens is 1. The highest BCUT2D eigenvalue weighted by Gasteiger charge is 2.23. The molecule has 1 aromatic rings. The van der Waals surface area contributed by atoms with Crippen LogP contribution in [0.15, 0.2) is 10.7 Å². The lowest BCUT2D eigenvalue weighted by atomic mass is 10.2. The summed E-state index contributed by atoms with van der Waals surface area (Å²) in [5.41, 5.74) is 0.981. The zero-order valence-electron chi connectivity index (χ0n) is 9.90. The lowest BCUT2D eigenvalue weighted by molar-refractivity contribution is 0.522. The average molecular weight is 241 g/mol. The van der Waals surface area contributed by atoms with Crippen LogP contribution in [0.3, 0.4) is 0 Å². The second-order valence-corrected chi connectivity index (χ2v) is 5.18. The first kappa shape index (κ1) is 11.8. The molecule has 1 aliphatic heterocycles. The predicted molar refractivity (Wildman–Crippen MR) is 68.0 cm³/mol. The summed E-state index contributed by atoms with van der Waals surface area (Å²) >= 11 is 2.00. The van der Waals surface area contributed by atoms with E-state index in [9.17, 15) is 0 Å². The summed E-state index contributed by atoms with van der Waals surface area (Å²) in [6.07, 6.45) is 2.97. The van der Waals surface area contributed by atoms with Gasteiger partial charge in [0.1, 0.15) is 6.26 Å². The second kappa shape index (κ2) is 5.59. The van der Waals surface area contributed by atoms with Crippen molar-refractivity contribution >= 4 is 17.8 Å². The topological polar surface area (TPSA) is 41.3 Å². The summed E-state index contributed by atoms with van der Waals surface area (Å²) in [6, 6.07) is 1.33. The second-order valence-electron chi connectivity index (χ2n) is 4.03. The molecular formula is C11H19N3OS. The van der Waals surface area contributed by atoms with Crippen LogP contribution in [-0.2, 0) is 6.54 Å². The zero-order valence-corrected chi connectivity index (χ0v) is 10.7. The molecule has 4 nitrogen and oxygen atoms in total. The van der Waals surface area contributed by atoms with E-state index in [0.29, 0.717) is 6.04 Å². The zero-order chi connectivity index (χ0) is 11.4. The molecule has 0 radical (unpaired) electrons. The average Bonchev–Trinajstić information content (AvgIpc) is 2.96. The minimum Gasteiger partial charge on any atom is -0.432 e. The SMILES string of the molecule is CCNCc1coc(N(C)C2CCSC2)n1. The van der Waals surface area contributed by atoms with Gasteiger partial charge in [0.2, 0.25) is 0 Å². The van der Waals surface area contributed by atoms with Crippen LogP contribution in [-0.4, -0.2) is 36.1 Å². The Hall–Kier alpha value is -0.680. The van der Waals surface area contributed by atoms with Crippen molar-refractivity contribution in [1.82, 2.24) is 10.3 Å². The van der Waals surface area contributed by atoms with Crippen LogP contribution in [0.5, 0.6) is 0 Å². The van der Waals surface area contributed by atoms with Crippen molar-refractivity contribution in [3.8, 4) is 0 Å². The summed E-state index contributed by atoms with van der Waals surface area (Å²) in [5.74, 6) is 2.43. The molecule has 0 saturated carbocycles. The molecule has 1 saturated heterocycles. The molecule has 0 amide bonds. The van der Waals surface area contributed by atoms with Gasteiger partial charge in [-0.05, 0) is 18.7 Å².